The van der Waals surface area contributed by atoms with E-state index in [1.807, 2.05) is 25.2 Å². The smallest absolute Gasteiger partial charge is 0.241 e. The Balaban J connectivity index is 1.65. The molecule has 1 saturated heterocycles. The molecule has 1 aromatic carbocycles. The van der Waals surface area contributed by atoms with Crippen molar-refractivity contribution in [2.75, 3.05) is 26.7 Å². The first-order chi connectivity index (χ1) is 10.3. The first-order valence-corrected chi connectivity index (χ1v) is 7.52. The van der Waals surface area contributed by atoms with Crippen molar-refractivity contribution in [3.05, 3.63) is 35.7 Å². The van der Waals surface area contributed by atoms with E-state index in [1.54, 1.807) is 0 Å². The average Bonchev–Trinajstić information content (AvgIpc) is 3.10. The van der Waals surface area contributed by atoms with Crippen LogP contribution >= 0.6 is 0 Å². The van der Waals surface area contributed by atoms with Crippen molar-refractivity contribution in [3.8, 4) is 11.4 Å². The molecule has 5 heteroatoms. The van der Waals surface area contributed by atoms with Gasteiger partial charge in [0.25, 0.3) is 0 Å². The molecule has 1 aliphatic heterocycles. The molecule has 1 aliphatic rings. The molecule has 0 aliphatic carbocycles. The van der Waals surface area contributed by atoms with Gasteiger partial charge in [0.05, 0.1) is 6.54 Å². The lowest BCUT2D eigenvalue weighted by atomic mass is 10.1. The second kappa shape index (κ2) is 6.37. The third-order valence-corrected chi connectivity index (χ3v) is 4.08. The van der Waals surface area contributed by atoms with E-state index in [9.17, 15) is 0 Å². The SMILES string of the molecule is CNCC1CCN(Cc2nc(-c3ccccc3C)no2)C1. The van der Waals surface area contributed by atoms with E-state index in [0.717, 1.165) is 37.7 Å². The molecule has 1 unspecified atom stereocenters. The maximum atomic E-state index is 5.41. The van der Waals surface area contributed by atoms with Gasteiger partial charge in [-0.25, -0.2) is 0 Å². The maximum absolute atomic E-state index is 5.41. The lowest BCUT2D eigenvalue weighted by molar-refractivity contribution is 0.260. The molecular formula is C16H22N4O. The van der Waals surface area contributed by atoms with E-state index < -0.39 is 0 Å². The lowest BCUT2D eigenvalue weighted by Crippen LogP contribution is -2.24. The minimum atomic E-state index is 0.689. The molecule has 0 radical (unpaired) electrons. The van der Waals surface area contributed by atoms with Gasteiger partial charge in [0.2, 0.25) is 11.7 Å². The summed E-state index contributed by atoms with van der Waals surface area (Å²) in [5, 5.41) is 7.37. The molecule has 0 amide bonds. The second-order valence-electron chi connectivity index (χ2n) is 5.77. The van der Waals surface area contributed by atoms with Crippen molar-refractivity contribution in [2.24, 2.45) is 5.92 Å². The fraction of sp³-hybridized carbons (Fsp3) is 0.500. The molecule has 1 N–H and O–H groups in total. The summed E-state index contributed by atoms with van der Waals surface area (Å²) in [6.07, 6.45) is 1.24. The van der Waals surface area contributed by atoms with Crippen LogP contribution in [0, 0.1) is 12.8 Å². The number of hydrogen-bond acceptors (Lipinski definition) is 5. The Hall–Kier alpha value is -1.72. The predicted octanol–water partition coefficient (Wildman–Crippen LogP) is 2.09. The van der Waals surface area contributed by atoms with Gasteiger partial charge in [-0.15, -0.1) is 0 Å². The first-order valence-electron chi connectivity index (χ1n) is 7.52. The van der Waals surface area contributed by atoms with Crippen LogP contribution in [0.1, 0.15) is 17.9 Å². The van der Waals surface area contributed by atoms with Crippen LogP contribution in [-0.4, -0.2) is 41.7 Å². The molecule has 0 saturated carbocycles. The number of likely N-dealkylation sites (tertiary alicyclic amines) is 1. The molecule has 1 atom stereocenters. The van der Waals surface area contributed by atoms with Gasteiger partial charge in [0.15, 0.2) is 0 Å². The van der Waals surface area contributed by atoms with Crippen molar-refractivity contribution >= 4 is 0 Å². The van der Waals surface area contributed by atoms with Gasteiger partial charge in [0, 0.05) is 12.1 Å². The van der Waals surface area contributed by atoms with E-state index in [0.29, 0.717) is 11.7 Å². The Morgan fingerprint density at radius 2 is 2.24 bits per heavy atom. The largest absolute Gasteiger partial charge is 0.338 e. The quantitative estimate of drug-likeness (QED) is 0.912. The topological polar surface area (TPSA) is 54.2 Å². The Morgan fingerprint density at radius 1 is 1.38 bits per heavy atom. The summed E-state index contributed by atoms with van der Waals surface area (Å²) in [7, 11) is 2.01. The van der Waals surface area contributed by atoms with Gasteiger partial charge in [-0.2, -0.15) is 4.98 Å². The zero-order valence-electron chi connectivity index (χ0n) is 12.7. The summed E-state index contributed by atoms with van der Waals surface area (Å²) < 4.78 is 5.41. The monoisotopic (exact) mass is 286 g/mol. The van der Waals surface area contributed by atoms with Gasteiger partial charge in [-0.3, -0.25) is 4.90 Å². The van der Waals surface area contributed by atoms with Crippen LogP contribution in [0.25, 0.3) is 11.4 Å². The molecule has 0 spiro atoms. The van der Waals surface area contributed by atoms with Crippen LogP contribution < -0.4 is 5.32 Å². The fourth-order valence-electron chi connectivity index (χ4n) is 2.96. The van der Waals surface area contributed by atoms with E-state index in [1.165, 1.54) is 12.0 Å². The molecule has 2 heterocycles. The van der Waals surface area contributed by atoms with Crippen LogP contribution in [0.4, 0.5) is 0 Å². The zero-order valence-corrected chi connectivity index (χ0v) is 12.7. The standard InChI is InChI=1S/C16H22N4O/c1-12-5-3-4-6-14(12)16-18-15(21-19-16)11-20-8-7-13(10-20)9-17-2/h3-6,13,17H,7-11H2,1-2H3. The van der Waals surface area contributed by atoms with Crippen molar-refractivity contribution in [1.82, 2.24) is 20.4 Å². The van der Waals surface area contributed by atoms with Crippen LogP contribution in [0.3, 0.4) is 0 Å². The van der Waals surface area contributed by atoms with E-state index in [4.69, 9.17) is 4.52 Å². The molecule has 2 aromatic rings. The first kappa shape index (κ1) is 14.2. The highest BCUT2D eigenvalue weighted by atomic mass is 16.5. The minimum absolute atomic E-state index is 0.689. The molecule has 5 nitrogen and oxygen atoms in total. The van der Waals surface area contributed by atoms with E-state index in [-0.39, 0.29) is 0 Å². The molecule has 0 bridgehead atoms. The van der Waals surface area contributed by atoms with E-state index in [2.05, 4.69) is 33.3 Å². The number of hydrogen-bond donors (Lipinski definition) is 1. The van der Waals surface area contributed by atoms with Crippen molar-refractivity contribution < 1.29 is 4.52 Å². The fourth-order valence-corrected chi connectivity index (χ4v) is 2.96. The van der Waals surface area contributed by atoms with Crippen molar-refractivity contribution in [1.29, 1.82) is 0 Å². The van der Waals surface area contributed by atoms with Crippen LogP contribution in [0.5, 0.6) is 0 Å². The molecule has 3 rings (SSSR count). The maximum Gasteiger partial charge on any atom is 0.241 e. The van der Waals surface area contributed by atoms with Gasteiger partial charge in [-0.05, 0) is 45.0 Å². The number of aryl methyl sites for hydroxylation is 1. The Labute approximate surface area is 125 Å². The summed E-state index contributed by atoms with van der Waals surface area (Å²) in [6.45, 7) is 6.10. The van der Waals surface area contributed by atoms with Crippen LogP contribution in [0.15, 0.2) is 28.8 Å². The Bertz CT molecular complexity index is 595. The number of nitrogens with zero attached hydrogens (tertiary/aromatic N) is 3. The third kappa shape index (κ3) is 3.31. The van der Waals surface area contributed by atoms with Gasteiger partial charge in [0.1, 0.15) is 0 Å². The minimum Gasteiger partial charge on any atom is -0.338 e. The average molecular weight is 286 g/mol. The number of benzene rings is 1. The summed E-state index contributed by atoms with van der Waals surface area (Å²) >= 11 is 0. The Kier molecular flexibility index (Phi) is 4.31. The van der Waals surface area contributed by atoms with Gasteiger partial charge >= 0.3 is 0 Å². The molecule has 112 valence electrons. The highest BCUT2D eigenvalue weighted by molar-refractivity contribution is 5.58. The summed E-state index contributed by atoms with van der Waals surface area (Å²) in [6, 6.07) is 8.12. The molecular weight excluding hydrogens is 264 g/mol. The van der Waals surface area contributed by atoms with E-state index >= 15 is 0 Å². The highest BCUT2D eigenvalue weighted by Crippen LogP contribution is 2.22. The molecule has 21 heavy (non-hydrogen) atoms. The van der Waals surface area contributed by atoms with Gasteiger partial charge in [-0.1, -0.05) is 29.4 Å². The highest BCUT2D eigenvalue weighted by Gasteiger charge is 2.23. The number of rotatable bonds is 5. The van der Waals surface area contributed by atoms with Crippen LogP contribution in [-0.2, 0) is 6.54 Å². The number of nitrogens with one attached hydrogen (secondary N) is 1. The summed E-state index contributed by atoms with van der Waals surface area (Å²) in [4.78, 5) is 6.93. The molecule has 1 fully saturated rings. The second-order valence-corrected chi connectivity index (χ2v) is 5.77. The summed E-state index contributed by atoms with van der Waals surface area (Å²) in [5.74, 6) is 2.13. The van der Waals surface area contributed by atoms with Gasteiger partial charge < -0.3 is 9.84 Å². The third-order valence-electron chi connectivity index (χ3n) is 4.08. The van der Waals surface area contributed by atoms with Crippen molar-refractivity contribution in [3.63, 3.8) is 0 Å². The number of aromatic nitrogens is 2. The van der Waals surface area contributed by atoms with Crippen molar-refractivity contribution in [2.45, 2.75) is 19.9 Å². The van der Waals surface area contributed by atoms with Crippen LogP contribution in [0.2, 0.25) is 0 Å². The lowest BCUT2D eigenvalue weighted by Gasteiger charge is -2.12. The predicted molar refractivity (Wildman–Crippen MR) is 81.8 cm³/mol. The Morgan fingerprint density at radius 3 is 3.05 bits per heavy atom. The molecule has 1 aromatic heterocycles. The normalized spacial score (nSPS) is 19.2. The zero-order chi connectivity index (χ0) is 14.7. The summed E-state index contributed by atoms with van der Waals surface area (Å²) in [5.41, 5.74) is 2.21.